The van der Waals surface area contributed by atoms with E-state index in [-0.39, 0.29) is 56.5 Å². The molecule has 16 heteroatoms. The lowest BCUT2D eigenvalue weighted by atomic mass is 10.1. The van der Waals surface area contributed by atoms with Crippen LogP contribution < -0.4 is 10.6 Å². The van der Waals surface area contributed by atoms with E-state index in [0.717, 1.165) is 101 Å². The van der Waals surface area contributed by atoms with Crippen LogP contribution in [0.5, 0.6) is 0 Å². The summed E-state index contributed by atoms with van der Waals surface area (Å²) < 4.78 is 71.4. The van der Waals surface area contributed by atoms with Gasteiger partial charge in [-0.25, -0.2) is 0 Å². The average Bonchev–Trinajstić information content (AvgIpc) is 3.33. The van der Waals surface area contributed by atoms with Gasteiger partial charge >= 0.3 is 30.1 Å². The number of rotatable bonds is 26. The predicted molar refractivity (Wildman–Crippen MR) is 169 cm³/mol. The molecule has 10 nitrogen and oxygen atoms in total. The highest BCUT2D eigenvalue weighted by Gasteiger charge is 2.38. The van der Waals surface area contributed by atoms with Crippen molar-refractivity contribution in [1.82, 2.24) is 15.5 Å². The second kappa shape index (κ2) is 26.6. The van der Waals surface area contributed by atoms with E-state index in [1.807, 2.05) is 10.6 Å². The average molecular weight is 718 g/mol. The van der Waals surface area contributed by atoms with E-state index in [4.69, 9.17) is 5.11 Å². The molecule has 0 aliphatic carbocycles. The van der Waals surface area contributed by atoms with Crippen molar-refractivity contribution in [2.75, 3.05) is 19.6 Å². The first-order valence-electron chi connectivity index (χ1n) is 17.3. The zero-order valence-electron chi connectivity index (χ0n) is 28.3. The molecule has 0 aromatic carbocycles. The molecule has 0 atom stereocenters. The van der Waals surface area contributed by atoms with Crippen molar-refractivity contribution in [2.24, 2.45) is 0 Å². The van der Waals surface area contributed by atoms with Gasteiger partial charge in [0.25, 0.3) is 0 Å². The number of carbonyl (C=O) groups excluding carboxylic acids is 5. The van der Waals surface area contributed by atoms with Crippen LogP contribution in [0.3, 0.4) is 0 Å². The first-order valence-corrected chi connectivity index (χ1v) is 17.3. The molecule has 1 aliphatic heterocycles. The summed E-state index contributed by atoms with van der Waals surface area (Å²) in [5, 5.41) is 12.1. The SMILES string of the molecule is O=C(CCCCCCCCCCCNC(=O)C(F)(F)F)CN1C(=O)CCC1=O.O=C(O)CCCCCCCCCCCNC(=O)C(F)(F)F. The van der Waals surface area contributed by atoms with Crippen LogP contribution >= 0.6 is 0 Å². The monoisotopic (exact) mass is 717 g/mol. The second-order valence-corrected chi connectivity index (χ2v) is 12.2. The molecule has 1 saturated heterocycles. The minimum Gasteiger partial charge on any atom is -0.481 e. The van der Waals surface area contributed by atoms with E-state index < -0.39 is 30.1 Å². The number of carboxylic acids is 1. The highest BCUT2D eigenvalue weighted by molar-refractivity contribution is 6.04. The Morgan fingerprint density at radius 1 is 0.531 bits per heavy atom. The van der Waals surface area contributed by atoms with E-state index in [9.17, 15) is 55.1 Å². The number of unbranched alkanes of at least 4 members (excludes halogenated alkanes) is 16. The lowest BCUT2D eigenvalue weighted by molar-refractivity contribution is -0.173. The number of nitrogens with one attached hydrogen (secondary N) is 2. The first kappa shape index (κ1) is 45.8. The maximum absolute atomic E-state index is 12.0. The predicted octanol–water partition coefficient (Wildman–Crippen LogP) is 6.93. The highest BCUT2D eigenvalue weighted by atomic mass is 19.4. The molecular weight excluding hydrogens is 664 g/mol. The quantitative estimate of drug-likeness (QED) is 0.0499. The molecule has 1 aliphatic rings. The number of halogens is 6. The number of aliphatic carboxylic acids is 1. The Morgan fingerprint density at radius 3 is 1.16 bits per heavy atom. The van der Waals surface area contributed by atoms with Gasteiger partial charge in [-0.3, -0.25) is 33.7 Å². The summed E-state index contributed by atoms with van der Waals surface area (Å²) in [4.78, 5) is 67.1. The number of alkyl halides is 6. The molecule has 1 fully saturated rings. The van der Waals surface area contributed by atoms with Gasteiger partial charge in [0.15, 0.2) is 5.78 Å². The van der Waals surface area contributed by atoms with E-state index in [0.29, 0.717) is 25.7 Å². The number of hydrogen-bond acceptors (Lipinski definition) is 6. The van der Waals surface area contributed by atoms with Crippen LogP contribution in [0.15, 0.2) is 0 Å². The minimum atomic E-state index is -4.81. The van der Waals surface area contributed by atoms with Crippen molar-refractivity contribution in [3.8, 4) is 0 Å². The van der Waals surface area contributed by atoms with Crippen molar-refractivity contribution < 1.29 is 60.2 Å². The summed E-state index contributed by atoms with van der Waals surface area (Å²) in [6.07, 6.45) is 7.44. The Balaban J connectivity index is 0.000000983. The molecule has 0 spiro atoms. The van der Waals surface area contributed by atoms with Crippen molar-refractivity contribution >= 4 is 35.4 Å². The third-order valence-electron chi connectivity index (χ3n) is 7.78. The zero-order valence-corrected chi connectivity index (χ0v) is 28.3. The minimum absolute atomic E-state index is 0.0427. The summed E-state index contributed by atoms with van der Waals surface area (Å²) in [5.41, 5.74) is 0. The Morgan fingerprint density at radius 2 is 0.837 bits per heavy atom. The van der Waals surface area contributed by atoms with Gasteiger partial charge in [-0.1, -0.05) is 89.9 Å². The van der Waals surface area contributed by atoms with Crippen molar-refractivity contribution in [2.45, 2.75) is 154 Å². The van der Waals surface area contributed by atoms with Gasteiger partial charge in [-0.05, 0) is 25.7 Å². The Hall–Kier alpha value is -3.20. The van der Waals surface area contributed by atoms with Crippen molar-refractivity contribution in [3.05, 3.63) is 0 Å². The topological polar surface area (TPSA) is 150 Å². The fourth-order valence-corrected chi connectivity index (χ4v) is 4.98. The smallest absolute Gasteiger partial charge is 0.471 e. The number of ketones is 1. The van der Waals surface area contributed by atoms with Gasteiger partial charge < -0.3 is 15.7 Å². The molecule has 284 valence electrons. The number of imide groups is 1. The summed E-state index contributed by atoms with van der Waals surface area (Å²) in [6, 6.07) is 0. The molecule has 49 heavy (non-hydrogen) atoms. The van der Waals surface area contributed by atoms with Gasteiger partial charge in [0, 0.05) is 38.8 Å². The van der Waals surface area contributed by atoms with E-state index in [1.165, 1.54) is 0 Å². The van der Waals surface area contributed by atoms with Crippen LogP contribution in [-0.4, -0.2) is 77.4 Å². The zero-order chi connectivity index (χ0) is 37.1. The normalized spacial score (nSPS) is 13.2. The summed E-state index contributed by atoms with van der Waals surface area (Å²) >= 11 is 0. The van der Waals surface area contributed by atoms with E-state index in [1.54, 1.807) is 0 Å². The van der Waals surface area contributed by atoms with Gasteiger partial charge in [-0.2, -0.15) is 26.3 Å². The van der Waals surface area contributed by atoms with Crippen LogP contribution in [0.4, 0.5) is 26.3 Å². The largest absolute Gasteiger partial charge is 0.481 e. The second-order valence-electron chi connectivity index (χ2n) is 12.2. The third-order valence-corrected chi connectivity index (χ3v) is 7.78. The number of hydrogen-bond donors (Lipinski definition) is 3. The molecule has 1 heterocycles. The van der Waals surface area contributed by atoms with Gasteiger partial charge in [0.05, 0.1) is 6.54 Å². The fourth-order valence-electron chi connectivity index (χ4n) is 4.98. The molecule has 0 bridgehead atoms. The van der Waals surface area contributed by atoms with Crippen LogP contribution in [-0.2, 0) is 28.8 Å². The number of Topliss-reactive ketones (excluding diaryl/α,β-unsaturated/α-hetero) is 1. The molecule has 0 radical (unpaired) electrons. The first-order chi connectivity index (χ1) is 23.1. The van der Waals surface area contributed by atoms with Crippen LogP contribution in [0.1, 0.15) is 141 Å². The van der Waals surface area contributed by atoms with Gasteiger partial charge in [0.1, 0.15) is 0 Å². The summed E-state index contributed by atoms with van der Waals surface area (Å²) in [5.74, 6) is -5.12. The Labute approximate surface area is 284 Å². The fraction of sp³-hybridized carbons (Fsp3) is 0.818. The van der Waals surface area contributed by atoms with Crippen molar-refractivity contribution in [3.63, 3.8) is 0 Å². The molecule has 3 N–H and O–H groups in total. The number of carboxylic acid groups (broad SMARTS) is 1. The third kappa shape index (κ3) is 26.4. The number of nitrogens with zero attached hydrogens (tertiary/aromatic N) is 1. The molecular formula is C33H53F6N3O7. The van der Waals surface area contributed by atoms with Gasteiger partial charge in [-0.15, -0.1) is 0 Å². The number of amides is 4. The van der Waals surface area contributed by atoms with Crippen molar-refractivity contribution in [1.29, 1.82) is 0 Å². The van der Waals surface area contributed by atoms with E-state index in [2.05, 4.69) is 0 Å². The van der Waals surface area contributed by atoms with Crippen LogP contribution in [0, 0.1) is 0 Å². The molecule has 0 aromatic heterocycles. The molecule has 4 amide bonds. The van der Waals surface area contributed by atoms with Crippen LogP contribution in [0.25, 0.3) is 0 Å². The molecule has 0 aromatic rings. The standard InChI is InChI=1S/C19H29F3N2O4.C14H24F3NO3/c20-19(21,22)18(28)23-13-9-7-5-3-1-2-4-6-8-10-15(25)14-24-16(26)11-12-17(24)27;15-14(16,17)13(21)18-11-9-7-5-3-1-2-4-6-8-10-12(19)20/h1-14H2,(H,23,28);1-11H2,(H,18,21)(H,19,20). The van der Waals surface area contributed by atoms with E-state index >= 15 is 0 Å². The van der Waals surface area contributed by atoms with Gasteiger partial charge in [0.2, 0.25) is 11.8 Å². The summed E-state index contributed by atoms with van der Waals surface area (Å²) in [6.45, 7) is 0.00954. The Kier molecular flexibility index (Phi) is 24.9. The molecule has 1 rings (SSSR count). The molecule has 0 saturated carbocycles. The molecule has 0 unspecified atom stereocenters. The Bertz CT molecular complexity index is 990. The highest BCUT2D eigenvalue weighted by Crippen LogP contribution is 2.16. The lowest BCUT2D eigenvalue weighted by Gasteiger charge is -2.12. The lowest BCUT2D eigenvalue weighted by Crippen LogP contribution is -2.37. The maximum Gasteiger partial charge on any atom is 0.471 e. The maximum atomic E-state index is 12.0. The number of likely N-dealkylation sites (tertiary alicyclic amines) is 1. The van der Waals surface area contributed by atoms with Crippen LogP contribution in [0.2, 0.25) is 0 Å². The summed E-state index contributed by atoms with van der Waals surface area (Å²) in [7, 11) is 0. The number of carbonyl (C=O) groups is 6.